The average molecular weight is 471 g/mol. The van der Waals surface area contributed by atoms with Gasteiger partial charge in [0.15, 0.2) is 6.61 Å². The zero-order chi connectivity index (χ0) is 23.0. The van der Waals surface area contributed by atoms with Crippen LogP contribution in [0, 0.1) is 13.8 Å². The molecule has 2 heterocycles. The highest BCUT2D eigenvalue weighted by molar-refractivity contribution is 7.15. The molecule has 4 rings (SSSR count). The number of esters is 1. The van der Waals surface area contributed by atoms with E-state index in [9.17, 15) is 19.2 Å². The predicted molar refractivity (Wildman–Crippen MR) is 117 cm³/mol. The molecule has 0 atom stereocenters. The number of aryl methyl sites for hydroxylation is 2. The Bertz CT molecular complexity index is 1290. The summed E-state index contributed by atoms with van der Waals surface area (Å²) >= 11 is 7.03. The number of hydrogen-bond acceptors (Lipinski definition) is 8. The Balaban J connectivity index is 1.44. The molecule has 0 spiro atoms. The lowest BCUT2D eigenvalue weighted by molar-refractivity contribution is -0.119. The van der Waals surface area contributed by atoms with Gasteiger partial charge < -0.3 is 10.1 Å². The third kappa shape index (κ3) is 4.10. The molecule has 11 heteroatoms. The van der Waals surface area contributed by atoms with E-state index in [-0.39, 0.29) is 21.8 Å². The Morgan fingerprint density at radius 3 is 2.53 bits per heavy atom. The summed E-state index contributed by atoms with van der Waals surface area (Å²) in [5.74, 6) is -2.51. The zero-order valence-electron chi connectivity index (χ0n) is 16.8. The van der Waals surface area contributed by atoms with E-state index in [4.69, 9.17) is 16.3 Å². The number of carbonyl (C=O) groups excluding carboxylic acids is 4. The fraction of sp³-hybridized carbons (Fsp3) is 0.143. The fourth-order valence-corrected chi connectivity index (χ4v) is 3.90. The minimum absolute atomic E-state index is 0.0342. The van der Waals surface area contributed by atoms with E-state index in [1.54, 1.807) is 32.0 Å². The van der Waals surface area contributed by atoms with E-state index in [0.717, 1.165) is 21.8 Å². The molecule has 1 N–H and O–H groups in total. The number of aromatic nitrogens is 2. The van der Waals surface area contributed by atoms with Gasteiger partial charge >= 0.3 is 5.97 Å². The molecule has 1 aromatic heterocycles. The van der Waals surface area contributed by atoms with Gasteiger partial charge in [-0.1, -0.05) is 29.0 Å². The second kappa shape index (κ2) is 8.48. The van der Waals surface area contributed by atoms with Crippen molar-refractivity contribution >= 4 is 57.4 Å². The lowest BCUT2D eigenvalue weighted by Crippen LogP contribution is -2.29. The van der Waals surface area contributed by atoms with Crippen LogP contribution in [-0.4, -0.2) is 40.5 Å². The van der Waals surface area contributed by atoms with Gasteiger partial charge in [0.05, 0.1) is 16.7 Å². The highest BCUT2D eigenvalue weighted by atomic mass is 35.5. The number of nitrogens with zero attached hydrogens (tertiary/aromatic N) is 3. The first-order chi connectivity index (χ1) is 15.2. The minimum atomic E-state index is -0.809. The lowest BCUT2D eigenvalue weighted by atomic mass is 10.1. The number of fused-ring (bicyclic) bond motifs is 1. The molecule has 1 aliphatic heterocycles. The van der Waals surface area contributed by atoms with Crippen LogP contribution in [-0.2, 0) is 9.53 Å². The van der Waals surface area contributed by atoms with Gasteiger partial charge in [-0.15, -0.1) is 10.2 Å². The molecule has 0 unspecified atom stereocenters. The van der Waals surface area contributed by atoms with Crippen molar-refractivity contribution in [1.82, 2.24) is 10.2 Å². The molecule has 0 fully saturated rings. The van der Waals surface area contributed by atoms with E-state index in [2.05, 4.69) is 15.5 Å². The van der Waals surface area contributed by atoms with E-state index in [1.807, 2.05) is 0 Å². The van der Waals surface area contributed by atoms with Crippen LogP contribution in [0.15, 0.2) is 36.4 Å². The second-order valence-corrected chi connectivity index (χ2v) is 8.49. The minimum Gasteiger partial charge on any atom is -0.452 e. The van der Waals surface area contributed by atoms with Crippen molar-refractivity contribution in [3.05, 3.63) is 68.7 Å². The summed E-state index contributed by atoms with van der Waals surface area (Å²) in [5, 5.41) is 11.5. The molecular weight excluding hydrogens is 456 g/mol. The molecule has 9 nitrogen and oxygen atoms in total. The molecule has 2 aromatic carbocycles. The van der Waals surface area contributed by atoms with Gasteiger partial charge in [0, 0.05) is 10.7 Å². The number of carbonyl (C=O) groups is 4. The Labute approximate surface area is 191 Å². The van der Waals surface area contributed by atoms with Crippen molar-refractivity contribution in [3.8, 4) is 0 Å². The monoisotopic (exact) mass is 470 g/mol. The summed E-state index contributed by atoms with van der Waals surface area (Å²) in [6.45, 7) is 2.97. The first-order valence-corrected chi connectivity index (χ1v) is 10.5. The number of amides is 3. The predicted octanol–water partition coefficient (Wildman–Crippen LogP) is 3.40. The number of anilines is 2. The average Bonchev–Trinajstić information content (AvgIpc) is 3.29. The van der Waals surface area contributed by atoms with Crippen molar-refractivity contribution in [3.63, 3.8) is 0 Å². The molecule has 32 heavy (non-hydrogen) atoms. The van der Waals surface area contributed by atoms with E-state index < -0.39 is 30.3 Å². The molecule has 0 saturated heterocycles. The molecule has 1 aliphatic rings. The van der Waals surface area contributed by atoms with Gasteiger partial charge in [0.25, 0.3) is 17.7 Å². The summed E-state index contributed by atoms with van der Waals surface area (Å²) in [6.07, 6.45) is 0. The summed E-state index contributed by atoms with van der Waals surface area (Å²) in [6, 6.07) is 9.03. The van der Waals surface area contributed by atoms with Crippen LogP contribution in [0.2, 0.25) is 5.02 Å². The number of nitrogens with one attached hydrogen (secondary N) is 1. The van der Waals surface area contributed by atoms with Crippen molar-refractivity contribution in [2.45, 2.75) is 13.8 Å². The van der Waals surface area contributed by atoms with Crippen LogP contribution >= 0.6 is 22.9 Å². The van der Waals surface area contributed by atoms with Crippen LogP contribution in [0.1, 0.15) is 41.6 Å². The number of rotatable bonds is 5. The standard InChI is InChI=1S/C21H15ClN4O5S/c1-10-3-5-13(22)8-16(10)23-17(27)9-31-20(30)12-4-6-14-15(7-12)19(29)26(18(14)28)21-25-24-11(2)32-21/h3-8H,9H2,1-2H3,(H,23,27). The van der Waals surface area contributed by atoms with Crippen molar-refractivity contribution in [1.29, 1.82) is 0 Å². The molecule has 0 bridgehead atoms. The van der Waals surface area contributed by atoms with E-state index in [1.165, 1.54) is 18.2 Å². The van der Waals surface area contributed by atoms with Crippen LogP contribution in [0.4, 0.5) is 10.8 Å². The Kier molecular flexibility index (Phi) is 5.72. The van der Waals surface area contributed by atoms with Crippen LogP contribution in [0.3, 0.4) is 0 Å². The van der Waals surface area contributed by atoms with Crippen molar-refractivity contribution < 1.29 is 23.9 Å². The van der Waals surface area contributed by atoms with Crippen LogP contribution in [0.25, 0.3) is 0 Å². The maximum atomic E-state index is 12.7. The Morgan fingerprint density at radius 2 is 1.81 bits per heavy atom. The quantitative estimate of drug-likeness (QED) is 0.448. The summed E-state index contributed by atoms with van der Waals surface area (Å²) < 4.78 is 5.05. The SMILES string of the molecule is Cc1nnc(N2C(=O)c3ccc(C(=O)OCC(=O)Nc4cc(Cl)ccc4C)cc3C2=O)s1. The molecule has 0 aliphatic carbocycles. The Hall–Kier alpha value is -3.63. The second-order valence-electron chi connectivity index (χ2n) is 6.89. The third-order valence-electron chi connectivity index (χ3n) is 4.64. The summed E-state index contributed by atoms with van der Waals surface area (Å²) in [7, 11) is 0. The van der Waals surface area contributed by atoms with E-state index in [0.29, 0.717) is 15.7 Å². The van der Waals surface area contributed by atoms with Gasteiger partial charge in [0.1, 0.15) is 5.01 Å². The molecule has 3 amide bonds. The van der Waals surface area contributed by atoms with Gasteiger partial charge in [-0.2, -0.15) is 0 Å². The topological polar surface area (TPSA) is 119 Å². The van der Waals surface area contributed by atoms with E-state index >= 15 is 0 Å². The molecule has 3 aromatic rings. The van der Waals surface area contributed by atoms with Gasteiger partial charge in [-0.05, 0) is 49.7 Å². The molecule has 162 valence electrons. The number of hydrogen-bond donors (Lipinski definition) is 1. The first kappa shape index (κ1) is 21.6. The van der Waals surface area contributed by atoms with Gasteiger partial charge in [-0.25, -0.2) is 9.69 Å². The molecule has 0 radical (unpaired) electrons. The highest BCUT2D eigenvalue weighted by Gasteiger charge is 2.39. The smallest absolute Gasteiger partial charge is 0.338 e. The number of imide groups is 1. The number of ether oxygens (including phenoxy) is 1. The van der Waals surface area contributed by atoms with Crippen molar-refractivity contribution in [2.75, 3.05) is 16.8 Å². The number of benzene rings is 2. The largest absolute Gasteiger partial charge is 0.452 e. The third-order valence-corrected chi connectivity index (χ3v) is 5.70. The fourth-order valence-electron chi connectivity index (χ4n) is 3.05. The first-order valence-electron chi connectivity index (χ1n) is 9.30. The lowest BCUT2D eigenvalue weighted by Gasteiger charge is -2.09. The summed E-state index contributed by atoms with van der Waals surface area (Å²) in [5.41, 5.74) is 1.54. The molecule has 0 saturated carbocycles. The summed E-state index contributed by atoms with van der Waals surface area (Å²) in [4.78, 5) is 50.8. The van der Waals surface area contributed by atoms with Crippen molar-refractivity contribution in [2.24, 2.45) is 0 Å². The van der Waals surface area contributed by atoms with Crippen LogP contribution < -0.4 is 10.2 Å². The van der Waals surface area contributed by atoms with Gasteiger partial charge in [-0.3, -0.25) is 14.4 Å². The normalized spacial score (nSPS) is 12.7. The van der Waals surface area contributed by atoms with Crippen LogP contribution in [0.5, 0.6) is 0 Å². The maximum absolute atomic E-state index is 12.7. The zero-order valence-corrected chi connectivity index (χ0v) is 18.4. The number of halogens is 1. The van der Waals surface area contributed by atoms with Gasteiger partial charge in [0.2, 0.25) is 5.13 Å². The maximum Gasteiger partial charge on any atom is 0.338 e. The Morgan fingerprint density at radius 1 is 1.06 bits per heavy atom. The highest BCUT2D eigenvalue weighted by Crippen LogP contribution is 2.31. The molecular formula is C21H15ClN4O5S.